The Balaban J connectivity index is 2.42. The molecule has 1 aliphatic heterocycles. The molecule has 1 unspecified atom stereocenters. The topological polar surface area (TPSA) is 254 Å². The highest BCUT2D eigenvalue weighted by Crippen LogP contribution is 2.65. The molecule has 0 aromatic carbocycles. The van der Waals surface area contributed by atoms with Crippen LogP contribution in [0.5, 0.6) is 0 Å². The van der Waals surface area contributed by atoms with E-state index in [-0.39, 0.29) is 12.2 Å². The number of anilines is 1. The van der Waals surface area contributed by atoms with Crippen LogP contribution >= 0.6 is 15.5 Å². The van der Waals surface area contributed by atoms with Crippen LogP contribution in [0.1, 0.15) is 12.6 Å². The minimum Gasteiger partial charge on any atom is -0.383 e. The molecule has 1 saturated heterocycles. The van der Waals surface area contributed by atoms with E-state index in [2.05, 4.69) is 15.0 Å². The predicted octanol–water partition coefficient (Wildman–Crippen LogP) is -1.40. The van der Waals surface area contributed by atoms with Gasteiger partial charge in [-0.2, -0.15) is 19.7 Å². The molecule has 2 rings (SSSR count). The van der Waals surface area contributed by atoms with Crippen molar-refractivity contribution >= 4 is 27.1 Å². The molecular formula is C10H15N6O9P2+. The van der Waals surface area contributed by atoms with Gasteiger partial charge in [-0.05, 0) is 11.6 Å². The lowest BCUT2D eigenvalue weighted by Gasteiger charge is -2.21. The van der Waals surface area contributed by atoms with Crippen LogP contribution in [0.3, 0.4) is 0 Å². The number of nitrogens with zero attached hydrogens (tertiary/aromatic N) is 5. The average molecular weight is 425 g/mol. The number of ketones is 1. The smallest absolute Gasteiger partial charge is 0.383 e. The van der Waals surface area contributed by atoms with Crippen LogP contribution in [0.25, 0.3) is 10.4 Å². The molecule has 0 radical (unpaired) electrons. The van der Waals surface area contributed by atoms with Gasteiger partial charge in [-0.1, -0.05) is 5.11 Å². The van der Waals surface area contributed by atoms with Crippen molar-refractivity contribution in [3.8, 4) is 0 Å². The number of hydrogen-bond donors (Lipinski definition) is 6. The minimum absolute atomic E-state index is 0.0922. The first-order valence-corrected chi connectivity index (χ1v) is 10.5. The van der Waals surface area contributed by atoms with Crippen molar-refractivity contribution in [2.24, 2.45) is 5.11 Å². The highest BCUT2D eigenvalue weighted by molar-refractivity contribution is 7.76. The highest BCUT2D eigenvalue weighted by atomic mass is 31.3. The van der Waals surface area contributed by atoms with Gasteiger partial charge in [0.15, 0.2) is 0 Å². The van der Waals surface area contributed by atoms with Gasteiger partial charge in [0.25, 0.3) is 0 Å². The van der Waals surface area contributed by atoms with Crippen molar-refractivity contribution in [3.05, 3.63) is 33.2 Å². The molecule has 0 spiro atoms. The van der Waals surface area contributed by atoms with Crippen LogP contribution in [0.2, 0.25) is 0 Å². The van der Waals surface area contributed by atoms with E-state index in [0.29, 0.717) is 0 Å². The first kappa shape index (κ1) is 21.4. The maximum absolute atomic E-state index is 12.5. The van der Waals surface area contributed by atoms with E-state index in [0.717, 1.165) is 4.57 Å². The molecule has 0 saturated carbocycles. The van der Waals surface area contributed by atoms with Crippen molar-refractivity contribution in [2.45, 2.75) is 30.2 Å². The summed E-state index contributed by atoms with van der Waals surface area (Å²) in [5, 5.41) is 0.401. The number of carbonyl (C=O) groups excluding carboxylic acids is 1. The molecule has 4 atom stereocenters. The largest absolute Gasteiger partial charge is 0.427 e. The number of ether oxygens (including phenoxy) is 1. The fourth-order valence-electron chi connectivity index (χ4n) is 2.59. The number of rotatable bonds is 6. The number of Topliss-reactive ketones (excluding diaryl/α,β-unsaturated/α-hetero) is 1. The molecule has 148 valence electrons. The summed E-state index contributed by atoms with van der Waals surface area (Å²) in [7, 11) is -10.9. The molecule has 27 heavy (non-hydrogen) atoms. The third-order valence-electron chi connectivity index (χ3n) is 3.64. The van der Waals surface area contributed by atoms with E-state index in [4.69, 9.17) is 16.0 Å². The number of carbonyl (C=O) groups is 1. The molecule has 0 aliphatic carbocycles. The zero-order valence-corrected chi connectivity index (χ0v) is 15.0. The number of nitrogens with two attached hydrogens (primary N) is 1. The van der Waals surface area contributed by atoms with Gasteiger partial charge in [0.2, 0.25) is 5.78 Å². The second-order valence-corrected chi connectivity index (χ2v) is 9.39. The van der Waals surface area contributed by atoms with Gasteiger partial charge in [0, 0.05) is 17.5 Å². The number of aromatic nitrogens is 2. The lowest BCUT2D eigenvalue weighted by molar-refractivity contribution is -0.131. The zero-order chi connectivity index (χ0) is 20.6. The van der Waals surface area contributed by atoms with E-state index >= 15 is 0 Å². The molecule has 1 aromatic rings. The minimum atomic E-state index is -5.52. The van der Waals surface area contributed by atoms with Gasteiger partial charge in [-0.3, -0.25) is 13.9 Å². The van der Waals surface area contributed by atoms with E-state index in [1.807, 2.05) is 0 Å². The molecule has 1 aromatic heterocycles. The van der Waals surface area contributed by atoms with Crippen LogP contribution in [-0.4, -0.2) is 57.3 Å². The number of hydrogen-bond acceptors (Lipinski definition) is 10. The normalized spacial score (nSPS) is 24.3. The van der Waals surface area contributed by atoms with Crippen LogP contribution in [0, 0.1) is 0 Å². The molecule has 17 heteroatoms. The Bertz CT molecular complexity index is 888. The molecule has 0 amide bonds. The van der Waals surface area contributed by atoms with Gasteiger partial charge in [-0.25, -0.2) is 4.79 Å². The summed E-state index contributed by atoms with van der Waals surface area (Å²) < 4.78 is 17.6. The summed E-state index contributed by atoms with van der Waals surface area (Å²) in [6.45, 7) is 0. The van der Waals surface area contributed by atoms with Gasteiger partial charge in [0.05, 0.1) is 6.04 Å². The molecular weight excluding hydrogens is 410 g/mol. The first-order chi connectivity index (χ1) is 12.4. The SMILES string of the molecule is [N-]=[N+]=N[C@H]1C[C@H](n2ccc(N)nc2=O)O[C@@H]1C(=O)C(P(=O)(O)O)[P+](O)(O)O. The number of nitrogen functional groups attached to an aromatic ring is 1. The van der Waals surface area contributed by atoms with Gasteiger partial charge < -0.3 is 20.3 Å². The Morgan fingerprint density at radius 2 is 2.15 bits per heavy atom. The fraction of sp³-hybridized carbons (Fsp3) is 0.500. The first-order valence-electron chi connectivity index (χ1n) is 7.06. The molecule has 15 nitrogen and oxygen atoms in total. The van der Waals surface area contributed by atoms with Crippen LogP contribution in [0.15, 0.2) is 22.2 Å². The van der Waals surface area contributed by atoms with Crippen molar-refractivity contribution in [1.82, 2.24) is 9.55 Å². The van der Waals surface area contributed by atoms with Crippen molar-refractivity contribution in [1.29, 1.82) is 0 Å². The van der Waals surface area contributed by atoms with E-state index < -0.39 is 50.8 Å². The van der Waals surface area contributed by atoms with Gasteiger partial charge >= 0.3 is 26.6 Å². The monoisotopic (exact) mass is 425 g/mol. The predicted molar refractivity (Wildman–Crippen MR) is 88.8 cm³/mol. The van der Waals surface area contributed by atoms with Crippen molar-refractivity contribution < 1.29 is 38.6 Å². The third kappa shape index (κ3) is 4.68. The van der Waals surface area contributed by atoms with Crippen LogP contribution in [0.4, 0.5) is 5.82 Å². The fourth-order valence-corrected chi connectivity index (χ4v) is 5.17. The Hall–Kier alpha value is -1.92. The Morgan fingerprint density at radius 3 is 2.63 bits per heavy atom. The molecule has 7 N–H and O–H groups in total. The lowest BCUT2D eigenvalue weighted by atomic mass is 10.1. The molecule has 1 aliphatic rings. The summed E-state index contributed by atoms with van der Waals surface area (Å²) in [5.74, 6) is -1.68. The van der Waals surface area contributed by atoms with E-state index in [1.165, 1.54) is 12.3 Å². The maximum Gasteiger partial charge on any atom is 0.427 e. The molecule has 2 heterocycles. The Morgan fingerprint density at radius 1 is 1.52 bits per heavy atom. The average Bonchev–Trinajstić information content (AvgIpc) is 2.88. The van der Waals surface area contributed by atoms with E-state index in [1.54, 1.807) is 0 Å². The summed E-state index contributed by atoms with van der Waals surface area (Å²) >= 11 is 0. The summed E-state index contributed by atoms with van der Waals surface area (Å²) in [4.78, 5) is 76.6. The lowest BCUT2D eigenvalue weighted by Crippen LogP contribution is -2.39. The highest BCUT2D eigenvalue weighted by Gasteiger charge is 2.62. The standard InChI is InChI=1S/C10H14N6O9P2/c11-5-1-2-16(10(18)13-5)6-3-4(14-15-12)8(25-6)7(17)9(26(19,20)21)27(22,23)24/h1-2,4,6,8-9,19-21H,3H2,(H3-,11,13,18,22,23,24)/p+1/t4-,6+,8-,9?/m0/s1. The van der Waals surface area contributed by atoms with E-state index in [9.17, 15) is 38.6 Å². The summed E-state index contributed by atoms with van der Waals surface area (Å²) in [6.07, 6.45) is -2.18. The Kier molecular flexibility index (Phi) is 6.02. The zero-order valence-electron chi connectivity index (χ0n) is 13.2. The molecule has 1 fully saturated rings. The second-order valence-electron chi connectivity index (χ2n) is 5.54. The quantitative estimate of drug-likeness (QED) is 0.134. The Labute approximate surface area is 150 Å². The van der Waals surface area contributed by atoms with Crippen molar-refractivity contribution in [2.75, 3.05) is 5.73 Å². The molecule has 0 bridgehead atoms. The van der Waals surface area contributed by atoms with Crippen LogP contribution in [-0.2, 0) is 14.1 Å². The second kappa shape index (κ2) is 7.60. The maximum atomic E-state index is 12.5. The van der Waals surface area contributed by atoms with Gasteiger partial charge in [0.1, 0.15) is 18.1 Å². The van der Waals surface area contributed by atoms with Gasteiger partial charge in [-0.15, -0.1) is 0 Å². The van der Waals surface area contributed by atoms with Crippen LogP contribution < -0.4 is 11.4 Å². The summed E-state index contributed by atoms with van der Waals surface area (Å²) in [5.41, 5.74) is 13.1. The third-order valence-corrected chi connectivity index (χ3v) is 7.27. The number of azide groups is 1. The van der Waals surface area contributed by atoms with Crippen molar-refractivity contribution in [3.63, 3.8) is 0 Å². The summed E-state index contributed by atoms with van der Waals surface area (Å²) in [6, 6.07) is -0.107.